The molecular formula is C26H24N2O4S. The van der Waals surface area contributed by atoms with E-state index in [1.54, 1.807) is 13.0 Å². The lowest BCUT2D eigenvalue weighted by molar-refractivity contribution is 0.0216. The molecule has 1 aliphatic rings. The molecule has 1 saturated carbocycles. The van der Waals surface area contributed by atoms with Gasteiger partial charge < -0.3 is 4.74 Å². The third kappa shape index (κ3) is 4.20. The number of carbonyl (C=O) groups excluding carboxylic acids is 2. The van der Waals surface area contributed by atoms with Crippen molar-refractivity contribution in [3.05, 3.63) is 75.1 Å². The lowest BCUT2D eigenvalue weighted by atomic mass is 9.98. The van der Waals surface area contributed by atoms with Crippen LogP contribution >= 0.6 is 11.3 Å². The summed E-state index contributed by atoms with van der Waals surface area (Å²) < 4.78 is 7.01. The molecule has 0 aliphatic heterocycles. The molecule has 5 rings (SSSR count). The van der Waals surface area contributed by atoms with E-state index in [0.29, 0.717) is 26.2 Å². The van der Waals surface area contributed by atoms with Crippen LogP contribution in [0.3, 0.4) is 0 Å². The Bertz CT molecular complexity index is 1430. The Balaban J connectivity index is 1.41. The Hall–Kier alpha value is -3.32. The molecule has 1 fully saturated rings. The highest BCUT2D eigenvalue weighted by Crippen LogP contribution is 2.29. The highest BCUT2D eigenvalue weighted by Gasteiger charge is 2.24. The molecule has 0 atom stereocenters. The van der Waals surface area contributed by atoms with Crippen LogP contribution in [0.1, 0.15) is 57.7 Å². The Labute approximate surface area is 194 Å². The standard InChI is InChI=1S/C26H24N2O4S/c1-16-22-24(33-23(16)26(31)32-20-9-3-2-4-10-20)27-15-28(25(22)30)14-21(29)19-12-11-17-7-5-6-8-18(17)13-19/h5-8,11-13,15,20H,2-4,9-10,14H2,1H3. The summed E-state index contributed by atoms with van der Waals surface area (Å²) >= 11 is 1.18. The molecule has 0 saturated heterocycles. The summed E-state index contributed by atoms with van der Waals surface area (Å²) in [4.78, 5) is 44.1. The molecule has 168 valence electrons. The average Bonchev–Trinajstić information content (AvgIpc) is 3.18. The number of aromatic nitrogens is 2. The highest BCUT2D eigenvalue weighted by atomic mass is 32.1. The number of aryl methyl sites for hydroxylation is 1. The number of ketones is 1. The van der Waals surface area contributed by atoms with Crippen LogP contribution in [0.5, 0.6) is 0 Å². The van der Waals surface area contributed by atoms with Gasteiger partial charge in [0.05, 0.1) is 18.3 Å². The van der Waals surface area contributed by atoms with Crippen molar-refractivity contribution in [2.75, 3.05) is 0 Å². The maximum absolute atomic E-state index is 13.2. The Morgan fingerprint density at radius 2 is 1.85 bits per heavy atom. The molecule has 2 aromatic heterocycles. The lowest BCUT2D eigenvalue weighted by Gasteiger charge is -2.21. The molecule has 33 heavy (non-hydrogen) atoms. The second-order valence-corrected chi connectivity index (χ2v) is 9.56. The van der Waals surface area contributed by atoms with Gasteiger partial charge in [-0.15, -0.1) is 11.3 Å². The van der Waals surface area contributed by atoms with E-state index in [0.717, 1.165) is 36.5 Å². The van der Waals surface area contributed by atoms with Gasteiger partial charge in [0, 0.05) is 5.56 Å². The largest absolute Gasteiger partial charge is 0.458 e. The first-order valence-electron chi connectivity index (χ1n) is 11.2. The molecule has 0 bridgehead atoms. The number of carbonyl (C=O) groups is 2. The number of hydrogen-bond donors (Lipinski definition) is 0. The minimum atomic E-state index is -0.388. The van der Waals surface area contributed by atoms with Crippen LogP contribution in [0.15, 0.2) is 53.6 Å². The molecule has 6 nitrogen and oxygen atoms in total. The zero-order valence-electron chi connectivity index (χ0n) is 18.4. The molecule has 4 aromatic rings. The molecule has 0 radical (unpaired) electrons. The summed E-state index contributed by atoms with van der Waals surface area (Å²) in [6.45, 7) is 1.63. The number of Topliss-reactive ketones (excluding diaryl/α,β-unsaturated/α-hetero) is 1. The van der Waals surface area contributed by atoms with Gasteiger partial charge in [-0.1, -0.05) is 42.8 Å². The van der Waals surface area contributed by atoms with Gasteiger partial charge in [0.15, 0.2) is 5.78 Å². The number of hydrogen-bond acceptors (Lipinski definition) is 6. The molecule has 0 amide bonds. The quantitative estimate of drug-likeness (QED) is 0.299. The molecule has 1 aliphatic carbocycles. The number of ether oxygens (including phenoxy) is 1. The van der Waals surface area contributed by atoms with Crippen LogP contribution < -0.4 is 5.56 Å². The topological polar surface area (TPSA) is 78.3 Å². The Kier molecular flexibility index (Phi) is 5.81. The highest BCUT2D eigenvalue weighted by molar-refractivity contribution is 7.20. The minimum absolute atomic E-state index is 0.0555. The number of nitrogens with zero attached hydrogens (tertiary/aromatic N) is 2. The van der Waals surface area contributed by atoms with Gasteiger partial charge in [0.25, 0.3) is 5.56 Å². The summed E-state index contributed by atoms with van der Waals surface area (Å²) in [5.41, 5.74) is 0.792. The third-order valence-corrected chi connectivity index (χ3v) is 7.49. The van der Waals surface area contributed by atoms with E-state index in [1.807, 2.05) is 36.4 Å². The second-order valence-electron chi connectivity index (χ2n) is 8.56. The molecule has 7 heteroatoms. The smallest absolute Gasteiger partial charge is 0.348 e. The molecule has 2 heterocycles. The van der Waals surface area contributed by atoms with Crippen LogP contribution in [-0.2, 0) is 11.3 Å². The maximum Gasteiger partial charge on any atom is 0.348 e. The van der Waals surface area contributed by atoms with Gasteiger partial charge >= 0.3 is 5.97 Å². The fourth-order valence-electron chi connectivity index (χ4n) is 4.46. The monoisotopic (exact) mass is 460 g/mol. The molecule has 0 spiro atoms. The maximum atomic E-state index is 13.2. The van der Waals surface area contributed by atoms with E-state index in [4.69, 9.17) is 4.74 Å². The summed E-state index contributed by atoms with van der Waals surface area (Å²) in [5.74, 6) is -0.561. The van der Waals surface area contributed by atoms with Crippen molar-refractivity contribution in [3.63, 3.8) is 0 Å². The van der Waals surface area contributed by atoms with Gasteiger partial charge in [-0.2, -0.15) is 0 Å². The van der Waals surface area contributed by atoms with Crippen molar-refractivity contribution in [1.82, 2.24) is 9.55 Å². The summed E-state index contributed by atoms with van der Waals surface area (Å²) in [7, 11) is 0. The summed E-state index contributed by atoms with van der Waals surface area (Å²) in [6.07, 6.45) is 6.42. The van der Waals surface area contributed by atoms with E-state index in [2.05, 4.69) is 4.98 Å². The van der Waals surface area contributed by atoms with Crippen LogP contribution in [-0.4, -0.2) is 27.4 Å². The Morgan fingerprint density at radius 1 is 1.09 bits per heavy atom. The van der Waals surface area contributed by atoms with Crippen LogP contribution in [0.25, 0.3) is 21.0 Å². The normalized spacial score (nSPS) is 14.6. The fraction of sp³-hybridized carbons (Fsp3) is 0.308. The lowest BCUT2D eigenvalue weighted by Crippen LogP contribution is -2.25. The minimum Gasteiger partial charge on any atom is -0.458 e. The first-order valence-corrected chi connectivity index (χ1v) is 12.0. The van der Waals surface area contributed by atoms with Crippen molar-refractivity contribution in [1.29, 1.82) is 0 Å². The summed E-state index contributed by atoms with van der Waals surface area (Å²) in [6, 6.07) is 13.3. The number of esters is 1. The predicted octanol–water partition coefficient (Wildman–Crippen LogP) is 5.29. The van der Waals surface area contributed by atoms with Gasteiger partial charge in [-0.3, -0.25) is 14.2 Å². The number of thiophene rings is 1. The van der Waals surface area contributed by atoms with Crippen LogP contribution in [0, 0.1) is 6.92 Å². The van der Waals surface area contributed by atoms with Crippen molar-refractivity contribution >= 4 is 44.1 Å². The first-order chi connectivity index (χ1) is 16.0. The molecule has 0 unspecified atom stereocenters. The van der Waals surface area contributed by atoms with Gasteiger partial charge in [0.2, 0.25) is 0 Å². The van der Waals surface area contributed by atoms with Crippen LogP contribution in [0.4, 0.5) is 0 Å². The number of rotatable bonds is 5. The molecular weight excluding hydrogens is 436 g/mol. The van der Waals surface area contributed by atoms with Crippen molar-refractivity contribution in [3.8, 4) is 0 Å². The van der Waals surface area contributed by atoms with E-state index >= 15 is 0 Å². The van der Waals surface area contributed by atoms with E-state index in [1.165, 1.54) is 28.7 Å². The first kappa shape index (κ1) is 21.5. The van der Waals surface area contributed by atoms with Crippen molar-refractivity contribution < 1.29 is 14.3 Å². The number of fused-ring (bicyclic) bond motifs is 2. The van der Waals surface area contributed by atoms with Crippen LogP contribution in [0.2, 0.25) is 0 Å². The zero-order valence-corrected chi connectivity index (χ0v) is 19.2. The number of benzene rings is 2. The van der Waals surface area contributed by atoms with Gasteiger partial charge in [-0.25, -0.2) is 9.78 Å². The zero-order chi connectivity index (χ0) is 22.9. The predicted molar refractivity (Wildman–Crippen MR) is 129 cm³/mol. The molecule has 0 N–H and O–H groups in total. The SMILES string of the molecule is Cc1c(C(=O)OC2CCCCC2)sc2ncn(CC(=O)c3ccc4ccccc4c3)c(=O)c12. The van der Waals surface area contributed by atoms with Crippen molar-refractivity contribution in [2.24, 2.45) is 0 Å². The second kappa shape index (κ2) is 8.90. The Morgan fingerprint density at radius 3 is 2.64 bits per heavy atom. The average molecular weight is 461 g/mol. The summed E-state index contributed by atoms with van der Waals surface area (Å²) in [5, 5.41) is 2.40. The van der Waals surface area contributed by atoms with E-state index in [-0.39, 0.29) is 30.0 Å². The van der Waals surface area contributed by atoms with E-state index < -0.39 is 0 Å². The third-order valence-electron chi connectivity index (χ3n) is 6.31. The van der Waals surface area contributed by atoms with Gasteiger partial charge in [-0.05, 0) is 55.0 Å². The molecule has 2 aromatic carbocycles. The fourth-order valence-corrected chi connectivity index (χ4v) is 5.49. The van der Waals surface area contributed by atoms with E-state index in [9.17, 15) is 14.4 Å². The van der Waals surface area contributed by atoms with Gasteiger partial charge in [0.1, 0.15) is 15.8 Å². The van der Waals surface area contributed by atoms with Crippen molar-refractivity contribution in [2.45, 2.75) is 51.7 Å².